The fourth-order valence-corrected chi connectivity index (χ4v) is 3.01. The molecule has 0 bridgehead atoms. The summed E-state index contributed by atoms with van der Waals surface area (Å²) >= 11 is 0. The number of carbonyl (C=O) groups excluding carboxylic acids is 1. The molecule has 1 aliphatic heterocycles. The summed E-state index contributed by atoms with van der Waals surface area (Å²) in [6.45, 7) is 1.12. The smallest absolute Gasteiger partial charge is 0.224 e. The molecule has 5 heteroatoms. The molecule has 132 valence electrons. The van der Waals surface area contributed by atoms with Crippen LogP contribution in [0.4, 0.5) is 0 Å². The Morgan fingerprint density at radius 2 is 1.88 bits per heavy atom. The summed E-state index contributed by atoms with van der Waals surface area (Å²) in [4.78, 5) is 12.2. The molecule has 0 radical (unpaired) electrons. The zero-order valence-electron chi connectivity index (χ0n) is 14.6. The molecular formula is C20H23NO4. The number of fused-ring (bicyclic) bond motifs is 1. The third-order valence-corrected chi connectivity index (χ3v) is 4.38. The third-order valence-electron chi connectivity index (χ3n) is 4.38. The predicted molar refractivity (Wildman–Crippen MR) is 95.0 cm³/mol. The number of rotatable bonds is 6. The summed E-state index contributed by atoms with van der Waals surface area (Å²) in [6, 6.07) is 13.8. The van der Waals surface area contributed by atoms with E-state index in [1.807, 2.05) is 30.3 Å². The molecule has 0 fully saturated rings. The molecule has 0 aromatic heterocycles. The van der Waals surface area contributed by atoms with Gasteiger partial charge in [-0.25, -0.2) is 0 Å². The van der Waals surface area contributed by atoms with E-state index in [2.05, 4.69) is 17.4 Å². The largest absolute Gasteiger partial charge is 0.493 e. The summed E-state index contributed by atoms with van der Waals surface area (Å²) in [6.07, 6.45) is 1.14. The number of benzene rings is 2. The van der Waals surface area contributed by atoms with Gasteiger partial charge in [0.1, 0.15) is 0 Å². The van der Waals surface area contributed by atoms with Crippen LogP contribution in [0.15, 0.2) is 42.5 Å². The molecule has 1 atom stereocenters. The molecule has 5 nitrogen and oxygen atoms in total. The number of hydrogen-bond acceptors (Lipinski definition) is 4. The summed E-state index contributed by atoms with van der Waals surface area (Å²) in [5, 5.41) is 2.96. The Labute approximate surface area is 147 Å². The minimum atomic E-state index is -0.0327. The van der Waals surface area contributed by atoms with Crippen LogP contribution in [-0.2, 0) is 29.0 Å². The van der Waals surface area contributed by atoms with Gasteiger partial charge in [0.25, 0.3) is 0 Å². The normalized spacial score (nSPS) is 16.0. The van der Waals surface area contributed by atoms with E-state index in [0.29, 0.717) is 31.1 Å². The SMILES string of the molecule is COc1ccc(CC(=O)NC[C@H]2Cc3ccccc3CO2)cc1OC. The summed E-state index contributed by atoms with van der Waals surface area (Å²) in [7, 11) is 3.17. The lowest BCUT2D eigenvalue weighted by Gasteiger charge is -2.25. The first kappa shape index (κ1) is 17.3. The van der Waals surface area contributed by atoms with Gasteiger partial charge in [-0.15, -0.1) is 0 Å². The van der Waals surface area contributed by atoms with Crippen LogP contribution in [0.3, 0.4) is 0 Å². The van der Waals surface area contributed by atoms with Crippen molar-refractivity contribution in [2.75, 3.05) is 20.8 Å². The highest BCUT2D eigenvalue weighted by atomic mass is 16.5. The lowest BCUT2D eigenvalue weighted by Crippen LogP contribution is -2.37. The van der Waals surface area contributed by atoms with Crippen LogP contribution in [0.1, 0.15) is 16.7 Å². The number of ether oxygens (including phenoxy) is 3. The van der Waals surface area contributed by atoms with Crippen LogP contribution in [0.5, 0.6) is 11.5 Å². The van der Waals surface area contributed by atoms with E-state index in [0.717, 1.165) is 12.0 Å². The van der Waals surface area contributed by atoms with Crippen molar-refractivity contribution in [3.05, 3.63) is 59.2 Å². The average molecular weight is 341 g/mol. The highest BCUT2D eigenvalue weighted by Crippen LogP contribution is 2.27. The molecule has 3 rings (SSSR count). The monoisotopic (exact) mass is 341 g/mol. The van der Waals surface area contributed by atoms with E-state index in [-0.39, 0.29) is 12.0 Å². The number of amides is 1. The van der Waals surface area contributed by atoms with Crippen molar-refractivity contribution in [2.24, 2.45) is 0 Å². The zero-order chi connectivity index (χ0) is 17.6. The summed E-state index contributed by atoms with van der Waals surface area (Å²) in [5.41, 5.74) is 3.41. The topological polar surface area (TPSA) is 56.8 Å². The van der Waals surface area contributed by atoms with E-state index in [1.54, 1.807) is 14.2 Å². The van der Waals surface area contributed by atoms with Crippen molar-refractivity contribution in [3.8, 4) is 11.5 Å². The number of methoxy groups -OCH3 is 2. The van der Waals surface area contributed by atoms with E-state index < -0.39 is 0 Å². The fourth-order valence-electron chi connectivity index (χ4n) is 3.01. The molecule has 1 aliphatic rings. The maximum Gasteiger partial charge on any atom is 0.224 e. The second-order valence-electron chi connectivity index (χ2n) is 6.08. The van der Waals surface area contributed by atoms with Crippen molar-refractivity contribution >= 4 is 5.91 Å². The van der Waals surface area contributed by atoms with Crippen LogP contribution < -0.4 is 14.8 Å². The van der Waals surface area contributed by atoms with Crippen LogP contribution in [0.2, 0.25) is 0 Å². The molecule has 2 aromatic carbocycles. The van der Waals surface area contributed by atoms with Gasteiger partial charge >= 0.3 is 0 Å². The van der Waals surface area contributed by atoms with Crippen LogP contribution in [-0.4, -0.2) is 32.8 Å². The van der Waals surface area contributed by atoms with Crippen LogP contribution in [0.25, 0.3) is 0 Å². The Bertz CT molecular complexity index is 744. The Balaban J connectivity index is 1.52. The quantitative estimate of drug-likeness (QED) is 0.877. The minimum absolute atomic E-state index is 0.0178. The molecule has 0 saturated heterocycles. The van der Waals surface area contributed by atoms with Gasteiger partial charge in [-0.05, 0) is 28.8 Å². The second-order valence-corrected chi connectivity index (χ2v) is 6.08. The van der Waals surface area contributed by atoms with Crippen molar-refractivity contribution in [2.45, 2.75) is 25.6 Å². The first-order chi connectivity index (χ1) is 12.2. The molecule has 2 aromatic rings. The number of carbonyl (C=O) groups is 1. The van der Waals surface area contributed by atoms with Crippen molar-refractivity contribution in [1.82, 2.24) is 5.32 Å². The molecule has 0 spiro atoms. The molecule has 1 amide bonds. The maximum absolute atomic E-state index is 12.2. The third kappa shape index (κ3) is 4.31. The van der Waals surface area contributed by atoms with Gasteiger partial charge in [0.15, 0.2) is 11.5 Å². The van der Waals surface area contributed by atoms with Gasteiger partial charge in [-0.3, -0.25) is 4.79 Å². The van der Waals surface area contributed by atoms with Gasteiger partial charge in [0, 0.05) is 13.0 Å². The minimum Gasteiger partial charge on any atom is -0.493 e. The lowest BCUT2D eigenvalue weighted by atomic mass is 9.99. The molecular weight excluding hydrogens is 318 g/mol. The van der Waals surface area contributed by atoms with Gasteiger partial charge in [-0.1, -0.05) is 30.3 Å². The van der Waals surface area contributed by atoms with E-state index in [1.165, 1.54) is 11.1 Å². The summed E-state index contributed by atoms with van der Waals surface area (Å²) < 4.78 is 16.3. The highest BCUT2D eigenvalue weighted by Gasteiger charge is 2.19. The Kier molecular flexibility index (Phi) is 5.56. The molecule has 1 heterocycles. The second kappa shape index (κ2) is 8.03. The van der Waals surface area contributed by atoms with E-state index in [4.69, 9.17) is 14.2 Å². The van der Waals surface area contributed by atoms with Gasteiger partial charge in [-0.2, -0.15) is 0 Å². The van der Waals surface area contributed by atoms with Crippen molar-refractivity contribution < 1.29 is 19.0 Å². The number of nitrogens with one attached hydrogen (secondary N) is 1. The Morgan fingerprint density at radius 3 is 2.64 bits per heavy atom. The zero-order valence-corrected chi connectivity index (χ0v) is 14.6. The van der Waals surface area contributed by atoms with Crippen molar-refractivity contribution in [1.29, 1.82) is 0 Å². The lowest BCUT2D eigenvalue weighted by molar-refractivity contribution is -0.121. The Hall–Kier alpha value is -2.53. The molecule has 0 aliphatic carbocycles. The molecule has 1 N–H and O–H groups in total. The molecule has 25 heavy (non-hydrogen) atoms. The fraction of sp³-hybridized carbons (Fsp3) is 0.350. The first-order valence-corrected chi connectivity index (χ1v) is 8.35. The summed E-state index contributed by atoms with van der Waals surface area (Å²) in [5.74, 6) is 1.25. The molecule has 0 unspecified atom stereocenters. The molecule has 0 saturated carbocycles. The predicted octanol–water partition coefficient (Wildman–Crippen LogP) is 2.50. The standard InChI is InChI=1S/C20H23NO4/c1-23-18-8-7-14(9-19(18)24-2)10-20(22)21-12-17-11-15-5-3-4-6-16(15)13-25-17/h3-9,17H,10-13H2,1-2H3,(H,21,22)/t17-/m1/s1. The van der Waals surface area contributed by atoms with Gasteiger partial charge in [0.05, 0.1) is 33.4 Å². The first-order valence-electron chi connectivity index (χ1n) is 8.35. The highest BCUT2D eigenvalue weighted by molar-refractivity contribution is 5.78. The maximum atomic E-state index is 12.2. The van der Waals surface area contributed by atoms with E-state index >= 15 is 0 Å². The van der Waals surface area contributed by atoms with Crippen LogP contribution >= 0.6 is 0 Å². The van der Waals surface area contributed by atoms with Gasteiger partial charge in [0.2, 0.25) is 5.91 Å². The van der Waals surface area contributed by atoms with E-state index in [9.17, 15) is 4.79 Å². The van der Waals surface area contributed by atoms with Crippen LogP contribution in [0, 0.1) is 0 Å². The van der Waals surface area contributed by atoms with Gasteiger partial charge < -0.3 is 19.5 Å². The Morgan fingerprint density at radius 1 is 1.12 bits per heavy atom. The van der Waals surface area contributed by atoms with Crippen molar-refractivity contribution in [3.63, 3.8) is 0 Å². The number of hydrogen-bond donors (Lipinski definition) is 1. The average Bonchev–Trinajstić information content (AvgIpc) is 2.66.